The van der Waals surface area contributed by atoms with Crippen LogP contribution in [0.25, 0.3) is 11.1 Å². The quantitative estimate of drug-likeness (QED) is 0.0865. The van der Waals surface area contributed by atoms with Gasteiger partial charge in [0.05, 0.1) is 48.8 Å². The van der Waals surface area contributed by atoms with Gasteiger partial charge in [-0.3, -0.25) is 9.59 Å². The maximum absolute atomic E-state index is 14.5. The Labute approximate surface area is 425 Å². The number of rotatable bonds is 16. The van der Waals surface area contributed by atoms with Gasteiger partial charge in [-0.15, -0.1) is 0 Å². The van der Waals surface area contributed by atoms with Crippen molar-refractivity contribution in [3.05, 3.63) is 153 Å². The van der Waals surface area contributed by atoms with Gasteiger partial charge in [-0.05, 0) is 98.1 Å². The molecular formula is C54H54N4O12S2. The SMILES string of the molecule is C=CCOC(=O)N1c2cc(OCc3cccc(COc4cc5c(cc4OC)C(=O)N4CC=C(c6ccsc6)C[C@H]4C(OC)N5C(=O)OCC=C)c3)c(OC)cc2C(=O)N2CC=C(c3ccsc3)C[C@H]2C1OC. The van der Waals surface area contributed by atoms with Crippen LogP contribution in [0.1, 0.15) is 55.8 Å². The van der Waals surface area contributed by atoms with E-state index in [0.717, 1.165) is 33.4 Å². The fourth-order valence-electron chi connectivity index (χ4n) is 9.64. The van der Waals surface area contributed by atoms with Gasteiger partial charge in [-0.25, -0.2) is 19.4 Å². The zero-order valence-corrected chi connectivity index (χ0v) is 41.9. The molecule has 374 valence electrons. The highest BCUT2D eigenvalue weighted by molar-refractivity contribution is 7.08. The molecule has 0 radical (unpaired) electrons. The summed E-state index contributed by atoms with van der Waals surface area (Å²) in [5.74, 6) is 0.487. The van der Waals surface area contributed by atoms with Crippen molar-refractivity contribution in [2.45, 2.75) is 50.6 Å². The molecule has 3 aromatic carbocycles. The third-order valence-corrected chi connectivity index (χ3v) is 14.4. The van der Waals surface area contributed by atoms with Crippen LogP contribution < -0.4 is 28.7 Å². The molecule has 0 N–H and O–H groups in total. The summed E-state index contributed by atoms with van der Waals surface area (Å²) in [6, 6.07) is 16.9. The lowest BCUT2D eigenvalue weighted by Crippen LogP contribution is -2.55. The average Bonchev–Trinajstić information content (AvgIpc) is 4.14. The molecule has 0 saturated carbocycles. The molecule has 0 spiro atoms. The van der Waals surface area contributed by atoms with Gasteiger partial charge in [0.25, 0.3) is 11.8 Å². The minimum atomic E-state index is -0.925. The Balaban J connectivity index is 0.977. The lowest BCUT2D eigenvalue weighted by atomic mass is 9.94. The van der Waals surface area contributed by atoms with Gasteiger partial charge in [0.1, 0.15) is 26.4 Å². The van der Waals surface area contributed by atoms with E-state index in [2.05, 4.69) is 23.9 Å². The van der Waals surface area contributed by atoms with Crippen LogP contribution >= 0.6 is 22.7 Å². The monoisotopic (exact) mass is 1010 g/mol. The number of carbonyl (C=O) groups is 4. The van der Waals surface area contributed by atoms with Crippen LogP contribution in [-0.2, 0) is 32.2 Å². The van der Waals surface area contributed by atoms with Crippen LogP contribution in [0.4, 0.5) is 21.0 Å². The largest absolute Gasteiger partial charge is 0.493 e. The molecule has 18 heteroatoms. The first-order valence-electron chi connectivity index (χ1n) is 23.1. The number of methoxy groups -OCH3 is 4. The van der Waals surface area contributed by atoms with Crippen molar-refractivity contribution in [3.63, 3.8) is 0 Å². The highest BCUT2D eigenvalue weighted by Gasteiger charge is 2.47. The molecule has 4 aliphatic heterocycles. The van der Waals surface area contributed by atoms with Gasteiger partial charge in [-0.1, -0.05) is 55.7 Å². The maximum atomic E-state index is 14.5. The van der Waals surface area contributed by atoms with Gasteiger partial charge in [0.2, 0.25) is 0 Å². The molecule has 6 heterocycles. The van der Waals surface area contributed by atoms with Crippen molar-refractivity contribution in [3.8, 4) is 23.0 Å². The normalized spacial score (nSPS) is 19.3. The van der Waals surface area contributed by atoms with E-state index < -0.39 is 36.7 Å². The summed E-state index contributed by atoms with van der Waals surface area (Å²) >= 11 is 3.17. The second kappa shape index (κ2) is 21.9. The molecule has 4 aliphatic rings. The van der Waals surface area contributed by atoms with E-state index in [1.807, 2.05) is 59.3 Å². The van der Waals surface area contributed by atoms with Crippen molar-refractivity contribution < 1.29 is 57.1 Å². The summed E-state index contributed by atoms with van der Waals surface area (Å²) < 4.78 is 47.9. The minimum absolute atomic E-state index is 0.0549. The van der Waals surface area contributed by atoms with E-state index in [1.54, 1.807) is 56.7 Å². The standard InChI is InChI=1S/C54H54N4O12S2/c1-7-18-67-53(61)57-41-27-47(45(63-3)25-39(41)49(59)55-16-12-35(37-14-20-71-31-37)23-43(55)51(57)65-5)69-29-33-10-9-11-34(22-33)30-70-48-28-42-40(26-46(48)64-4)50(60)56-17-13-36(38-15-21-72-32-38)24-44(56)52(66-6)58(42)54(62)68-19-8-2/h7-15,20-22,25-28,31-32,43-44,51-52H,1-2,16-19,23-24,29-30H2,3-6H3/t43-,44-,51?,52?/m0/s1. The first-order valence-corrected chi connectivity index (χ1v) is 25.0. The molecule has 0 fully saturated rings. The molecule has 9 rings (SSSR count). The molecule has 0 aliphatic carbocycles. The third kappa shape index (κ3) is 9.69. The fraction of sp³-hybridized carbons (Fsp3) is 0.296. The number of anilines is 2. The number of ether oxygens (including phenoxy) is 8. The molecule has 0 saturated heterocycles. The van der Waals surface area contributed by atoms with Crippen LogP contribution in [0.15, 0.2) is 120 Å². The number of thiophene rings is 2. The van der Waals surface area contributed by atoms with Gasteiger partial charge in [-0.2, -0.15) is 22.7 Å². The number of hydrogen-bond acceptors (Lipinski definition) is 14. The number of benzene rings is 3. The minimum Gasteiger partial charge on any atom is -0.493 e. The molecular weight excluding hydrogens is 961 g/mol. The van der Waals surface area contributed by atoms with Gasteiger partial charge >= 0.3 is 12.2 Å². The highest BCUT2D eigenvalue weighted by Crippen LogP contribution is 2.45. The van der Waals surface area contributed by atoms with Crippen molar-refractivity contribution in [2.24, 2.45) is 0 Å². The zero-order chi connectivity index (χ0) is 50.5. The van der Waals surface area contributed by atoms with E-state index >= 15 is 0 Å². The van der Waals surface area contributed by atoms with Crippen molar-refractivity contribution in [2.75, 3.05) is 64.5 Å². The summed E-state index contributed by atoms with van der Waals surface area (Å²) in [6.45, 7) is 8.00. The Kier molecular flexibility index (Phi) is 15.1. The van der Waals surface area contributed by atoms with E-state index in [1.165, 1.54) is 50.4 Å². The number of nitrogens with zero attached hydrogens (tertiary/aromatic N) is 4. The van der Waals surface area contributed by atoms with Crippen LogP contribution in [0, 0.1) is 0 Å². The Morgan fingerprint density at radius 3 is 1.44 bits per heavy atom. The van der Waals surface area contributed by atoms with Crippen LogP contribution in [-0.4, -0.2) is 113 Å². The first kappa shape index (κ1) is 49.6. The molecule has 2 aromatic heterocycles. The fourth-order valence-corrected chi connectivity index (χ4v) is 11.0. The van der Waals surface area contributed by atoms with Crippen molar-refractivity contribution >= 4 is 69.2 Å². The predicted molar refractivity (Wildman–Crippen MR) is 274 cm³/mol. The van der Waals surface area contributed by atoms with Gasteiger partial charge in [0.15, 0.2) is 35.5 Å². The molecule has 16 nitrogen and oxygen atoms in total. The van der Waals surface area contributed by atoms with Gasteiger partial charge < -0.3 is 47.7 Å². The predicted octanol–water partition coefficient (Wildman–Crippen LogP) is 9.81. The molecule has 5 aromatic rings. The van der Waals surface area contributed by atoms with Crippen LogP contribution in [0.5, 0.6) is 23.0 Å². The second-order valence-electron chi connectivity index (χ2n) is 17.1. The zero-order valence-electron chi connectivity index (χ0n) is 40.3. The smallest absolute Gasteiger partial charge is 0.416 e. The topological polar surface area (TPSA) is 155 Å². The van der Waals surface area contributed by atoms with Crippen molar-refractivity contribution in [1.29, 1.82) is 0 Å². The number of amides is 4. The van der Waals surface area contributed by atoms with Crippen LogP contribution in [0.2, 0.25) is 0 Å². The van der Waals surface area contributed by atoms with E-state index in [4.69, 9.17) is 37.9 Å². The molecule has 2 unspecified atom stereocenters. The summed E-state index contributed by atoms with van der Waals surface area (Å²) in [5, 5.41) is 8.12. The maximum Gasteiger partial charge on any atom is 0.416 e. The summed E-state index contributed by atoms with van der Waals surface area (Å²) in [6.07, 6.45) is 4.59. The Morgan fingerprint density at radius 2 is 1.07 bits per heavy atom. The van der Waals surface area contributed by atoms with Gasteiger partial charge in [0, 0.05) is 39.4 Å². The lowest BCUT2D eigenvalue weighted by molar-refractivity contribution is 0.0175. The molecule has 72 heavy (non-hydrogen) atoms. The third-order valence-electron chi connectivity index (χ3n) is 13.1. The summed E-state index contributed by atoms with van der Waals surface area (Å²) in [7, 11) is 5.98. The summed E-state index contributed by atoms with van der Waals surface area (Å²) in [5.41, 5.74) is 6.63. The molecule has 0 bridgehead atoms. The number of fused-ring (bicyclic) bond motifs is 4. The number of carbonyl (C=O) groups excluding carboxylic acids is 4. The van der Waals surface area contributed by atoms with Crippen molar-refractivity contribution in [1.82, 2.24) is 9.80 Å². The Hall–Kier alpha value is -7.38. The van der Waals surface area contributed by atoms with Crippen LogP contribution in [0.3, 0.4) is 0 Å². The highest BCUT2D eigenvalue weighted by atomic mass is 32.1. The lowest BCUT2D eigenvalue weighted by Gasteiger charge is -2.40. The van der Waals surface area contributed by atoms with E-state index in [0.29, 0.717) is 25.9 Å². The Morgan fingerprint density at radius 1 is 0.625 bits per heavy atom. The average molecular weight is 1020 g/mol. The molecule has 4 atom stereocenters. The van der Waals surface area contributed by atoms with E-state index in [-0.39, 0.29) is 83.7 Å². The molecule has 4 amide bonds. The summed E-state index contributed by atoms with van der Waals surface area (Å²) in [4.78, 5) is 63.2. The Bertz CT molecular complexity index is 2730. The number of hydrogen-bond donors (Lipinski definition) is 0. The first-order chi connectivity index (χ1) is 35.1. The van der Waals surface area contributed by atoms with E-state index in [9.17, 15) is 19.2 Å². The second-order valence-corrected chi connectivity index (χ2v) is 18.7.